The van der Waals surface area contributed by atoms with Gasteiger partial charge in [0, 0.05) is 43.6 Å². The number of nitrogens with zero attached hydrogens (tertiary/aromatic N) is 2. The van der Waals surface area contributed by atoms with Crippen molar-refractivity contribution in [2.24, 2.45) is 5.41 Å². The zero-order valence-corrected chi connectivity index (χ0v) is 20.5. The zero-order valence-electron chi connectivity index (χ0n) is 20.5. The Labute approximate surface area is 212 Å². The molecule has 4 aliphatic rings. The predicted octanol–water partition coefficient (Wildman–Crippen LogP) is 2.21. The van der Waals surface area contributed by atoms with E-state index < -0.39 is 41.8 Å². The number of likely N-dealkylation sites (tertiary alicyclic amines) is 1. The fraction of sp³-hybridized carbons (Fsp3) is 0.654. The summed E-state index contributed by atoms with van der Waals surface area (Å²) in [4.78, 5) is 40.1. The zero-order chi connectivity index (χ0) is 26.6. The first-order chi connectivity index (χ1) is 17.4. The molecule has 3 unspecified atom stereocenters. The Balaban J connectivity index is 1.41. The molecule has 37 heavy (non-hydrogen) atoms. The number of piperidine rings is 2. The molecule has 202 valence electrons. The number of carbonyl (C=O) groups is 3. The summed E-state index contributed by atoms with van der Waals surface area (Å²) in [5, 5.41) is 24.1. The number of benzene rings is 1. The Hall–Kier alpha value is -2.50. The van der Waals surface area contributed by atoms with E-state index in [1.165, 1.54) is 4.90 Å². The molecule has 1 aromatic rings. The number of halogens is 3. The lowest BCUT2D eigenvalue weighted by molar-refractivity contribution is -0.217. The summed E-state index contributed by atoms with van der Waals surface area (Å²) in [5.74, 6) is -1.15. The molecule has 0 bridgehead atoms. The highest BCUT2D eigenvalue weighted by Gasteiger charge is 2.55. The molecule has 1 saturated carbocycles. The summed E-state index contributed by atoms with van der Waals surface area (Å²) in [6.07, 6.45) is -2.52. The third kappa shape index (κ3) is 4.55. The van der Waals surface area contributed by atoms with Crippen molar-refractivity contribution in [3.05, 3.63) is 34.9 Å². The van der Waals surface area contributed by atoms with Crippen LogP contribution in [0, 0.1) is 5.41 Å². The number of hydrogen-bond acceptors (Lipinski definition) is 6. The van der Waals surface area contributed by atoms with E-state index in [0.717, 1.165) is 19.3 Å². The number of aliphatic hydroxyl groups is 2. The Kier molecular flexibility index (Phi) is 6.60. The van der Waals surface area contributed by atoms with Crippen LogP contribution in [0.5, 0.6) is 0 Å². The van der Waals surface area contributed by atoms with Crippen molar-refractivity contribution in [1.29, 1.82) is 0 Å². The first kappa shape index (κ1) is 26.1. The third-order valence-electron chi connectivity index (χ3n) is 8.81. The molecule has 5 rings (SSSR count). The Morgan fingerprint density at radius 2 is 1.84 bits per heavy atom. The number of alkyl halides is 3. The molecule has 3 atom stereocenters. The number of β-amino-alcohol motifs (C(OH)–C–C–N with tert-alkyl or cyclic N) is 1. The highest BCUT2D eigenvalue weighted by molar-refractivity contribution is 6.05. The van der Waals surface area contributed by atoms with E-state index in [9.17, 15) is 37.8 Å². The second-order valence-corrected chi connectivity index (χ2v) is 11.0. The number of hydrogen-bond donors (Lipinski definition) is 3. The minimum atomic E-state index is -4.70. The lowest BCUT2D eigenvalue weighted by Gasteiger charge is -2.56. The Morgan fingerprint density at radius 3 is 2.51 bits per heavy atom. The number of fused-ring (bicyclic) bond motifs is 1. The van der Waals surface area contributed by atoms with Gasteiger partial charge in [-0.2, -0.15) is 13.2 Å². The monoisotopic (exact) mass is 523 g/mol. The quantitative estimate of drug-likeness (QED) is 0.522. The summed E-state index contributed by atoms with van der Waals surface area (Å²) in [5.41, 5.74) is -0.216. The molecule has 1 aromatic carbocycles. The van der Waals surface area contributed by atoms with Crippen LogP contribution in [0.2, 0.25) is 0 Å². The molecule has 11 heteroatoms. The van der Waals surface area contributed by atoms with Crippen LogP contribution in [0.15, 0.2) is 18.2 Å². The van der Waals surface area contributed by atoms with Gasteiger partial charge >= 0.3 is 6.18 Å². The van der Waals surface area contributed by atoms with Gasteiger partial charge in [-0.05, 0) is 42.9 Å². The molecule has 1 aliphatic carbocycles. The van der Waals surface area contributed by atoms with Crippen LogP contribution in [0.3, 0.4) is 0 Å². The number of aliphatic hydroxyl groups excluding tert-OH is 1. The maximum Gasteiger partial charge on any atom is 0.415 e. The standard InChI is InChI=1S/C26H32F3N3O5/c27-26(28,29)20(33)14-31-11-10-25(37,24(15-31)8-2-1-3-9-24)17-4-5-18-16(12-17)13-32(23(18)36)19-6-7-21(34)30-22(19)35/h4-5,12,19-20,33,37H,1-3,6-11,13-15H2,(H,30,34,35). The molecular weight excluding hydrogens is 491 g/mol. The molecule has 2 saturated heterocycles. The van der Waals surface area contributed by atoms with Crippen LogP contribution in [0.4, 0.5) is 13.2 Å². The predicted molar refractivity (Wildman–Crippen MR) is 125 cm³/mol. The largest absolute Gasteiger partial charge is 0.415 e. The van der Waals surface area contributed by atoms with E-state index in [1.807, 2.05) is 0 Å². The number of imide groups is 1. The van der Waals surface area contributed by atoms with Gasteiger partial charge in [-0.15, -0.1) is 0 Å². The number of carbonyl (C=O) groups excluding carboxylic acids is 3. The van der Waals surface area contributed by atoms with Crippen molar-refractivity contribution in [3.8, 4) is 0 Å². The molecule has 1 spiro atoms. The van der Waals surface area contributed by atoms with Gasteiger partial charge in [0.15, 0.2) is 6.10 Å². The highest BCUT2D eigenvalue weighted by Crippen LogP contribution is 2.55. The molecule has 8 nitrogen and oxygen atoms in total. The van der Waals surface area contributed by atoms with Crippen LogP contribution >= 0.6 is 0 Å². The average Bonchev–Trinajstić information content (AvgIpc) is 3.17. The molecule has 3 fully saturated rings. The van der Waals surface area contributed by atoms with E-state index in [4.69, 9.17) is 0 Å². The van der Waals surface area contributed by atoms with E-state index >= 15 is 0 Å². The summed E-state index contributed by atoms with van der Waals surface area (Å²) in [6.45, 7) is 0.0983. The van der Waals surface area contributed by atoms with Crippen molar-refractivity contribution in [3.63, 3.8) is 0 Å². The van der Waals surface area contributed by atoms with Crippen LogP contribution < -0.4 is 5.32 Å². The lowest BCUT2D eigenvalue weighted by atomic mass is 9.57. The second kappa shape index (κ2) is 9.36. The third-order valence-corrected chi connectivity index (χ3v) is 8.81. The summed E-state index contributed by atoms with van der Waals surface area (Å²) in [6, 6.07) is 4.45. The van der Waals surface area contributed by atoms with Crippen LogP contribution in [-0.2, 0) is 21.7 Å². The lowest BCUT2D eigenvalue weighted by Crippen LogP contribution is -2.60. The fourth-order valence-corrected chi connectivity index (χ4v) is 6.81. The van der Waals surface area contributed by atoms with Gasteiger partial charge in [0.05, 0.1) is 5.60 Å². The fourth-order valence-electron chi connectivity index (χ4n) is 6.81. The van der Waals surface area contributed by atoms with Crippen LogP contribution in [0.1, 0.15) is 72.9 Å². The van der Waals surface area contributed by atoms with Crippen molar-refractivity contribution in [1.82, 2.24) is 15.1 Å². The average molecular weight is 524 g/mol. The Morgan fingerprint density at radius 1 is 1.11 bits per heavy atom. The van der Waals surface area contributed by atoms with Gasteiger partial charge in [-0.25, -0.2) is 0 Å². The van der Waals surface area contributed by atoms with Crippen molar-refractivity contribution >= 4 is 17.7 Å². The Bertz CT molecular complexity index is 1100. The van der Waals surface area contributed by atoms with Gasteiger partial charge < -0.3 is 15.1 Å². The maximum absolute atomic E-state index is 13.1. The molecular formula is C26H32F3N3O5. The van der Waals surface area contributed by atoms with E-state index in [0.29, 0.717) is 29.5 Å². The number of rotatable bonds is 4. The first-order valence-corrected chi connectivity index (χ1v) is 12.9. The van der Waals surface area contributed by atoms with E-state index in [-0.39, 0.29) is 50.7 Å². The maximum atomic E-state index is 13.1. The van der Waals surface area contributed by atoms with Crippen molar-refractivity contribution in [2.75, 3.05) is 19.6 Å². The number of nitrogens with one attached hydrogen (secondary N) is 1. The van der Waals surface area contributed by atoms with Crippen molar-refractivity contribution in [2.45, 2.75) is 81.8 Å². The topological polar surface area (TPSA) is 110 Å². The normalized spacial score (nSPS) is 29.4. The molecule has 0 aromatic heterocycles. The minimum Gasteiger partial charge on any atom is -0.384 e. The van der Waals surface area contributed by atoms with Crippen LogP contribution in [0.25, 0.3) is 0 Å². The minimum absolute atomic E-state index is 0.156. The van der Waals surface area contributed by atoms with Gasteiger partial charge in [0.1, 0.15) is 6.04 Å². The van der Waals surface area contributed by atoms with Gasteiger partial charge in [0.25, 0.3) is 5.91 Å². The summed E-state index contributed by atoms with van der Waals surface area (Å²) in [7, 11) is 0. The molecule has 3 aliphatic heterocycles. The first-order valence-electron chi connectivity index (χ1n) is 12.9. The SMILES string of the molecule is O=C1CCC(N2Cc3cc(C4(O)CCN(CC(O)C(F)(F)F)CC45CCCCC5)ccc3C2=O)C(=O)N1. The van der Waals surface area contributed by atoms with E-state index in [1.54, 1.807) is 23.1 Å². The summed E-state index contributed by atoms with van der Waals surface area (Å²) >= 11 is 0. The summed E-state index contributed by atoms with van der Waals surface area (Å²) < 4.78 is 39.1. The van der Waals surface area contributed by atoms with Gasteiger partial charge in [-0.1, -0.05) is 31.4 Å². The molecule has 3 amide bonds. The smallest absolute Gasteiger partial charge is 0.384 e. The van der Waals surface area contributed by atoms with E-state index in [2.05, 4.69) is 5.32 Å². The molecule has 3 heterocycles. The molecule has 3 N–H and O–H groups in total. The molecule has 0 radical (unpaired) electrons. The van der Waals surface area contributed by atoms with Gasteiger partial charge in [0.2, 0.25) is 11.8 Å². The number of amides is 3. The van der Waals surface area contributed by atoms with Crippen LogP contribution in [-0.4, -0.2) is 75.7 Å². The van der Waals surface area contributed by atoms with Crippen molar-refractivity contribution < 1.29 is 37.8 Å². The second-order valence-electron chi connectivity index (χ2n) is 11.0. The van der Waals surface area contributed by atoms with Gasteiger partial charge in [-0.3, -0.25) is 24.6 Å². The highest BCUT2D eigenvalue weighted by atomic mass is 19.4.